The van der Waals surface area contributed by atoms with Crippen molar-refractivity contribution in [3.05, 3.63) is 12.2 Å². The third-order valence-corrected chi connectivity index (χ3v) is 5.65. The van der Waals surface area contributed by atoms with Gasteiger partial charge in [-0.3, -0.25) is 4.99 Å². The van der Waals surface area contributed by atoms with Crippen molar-refractivity contribution in [1.82, 2.24) is 30.3 Å². The summed E-state index contributed by atoms with van der Waals surface area (Å²) < 4.78 is 2.10. The van der Waals surface area contributed by atoms with Crippen LogP contribution in [0.2, 0.25) is 0 Å². The fourth-order valence-corrected chi connectivity index (χ4v) is 3.56. The van der Waals surface area contributed by atoms with Crippen LogP contribution in [0.15, 0.2) is 11.3 Å². The maximum atomic E-state index is 4.77. The van der Waals surface area contributed by atoms with Gasteiger partial charge in [-0.05, 0) is 51.1 Å². The molecule has 2 rings (SSSR count). The molecule has 1 saturated heterocycles. The molecule has 0 atom stereocenters. The molecule has 162 valence electrons. The van der Waals surface area contributed by atoms with Gasteiger partial charge in [0.1, 0.15) is 12.2 Å². The number of guanidine groups is 1. The van der Waals surface area contributed by atoms with Gasteiger partial charge in [-0.2, -0.15) is 11.8 Å². The average Bonchev–Trinajstić information content (AvgIpc) is 3.14. The molecule has 0 saturated carbocycles. The van der Waals surface area contributed by atoms with E-state index in [0.717, 1.165) is 69.0 Å². The van der Waals surface area contributed by atoms with Crippen LogP contribution in [-0.4, -0.2) is 76.9 Å². The van der Waals surface area contributed by atoms with E-state index in [0.29, 0.717) is 0 Å². The normalized spacial score (nSPS) is 16.0. The van der Waals surface area contributed by atoms with Gasteiger partial charge >= 0.3 is 0 Å². The maximum absolute atomic E-state index is 4.77. The number of nitrogens with zero attached hydrogens (tertiary/aromatic N) is 5. The molecule has 1 fully saturated rings. The van der Waals surface area contributed by atoms with Crippen molar-refractivity contribution in [2.75, 3.05) is 51.3 Å². The zero-order chi connectivity index (χ0) is 19.3. The predicted molar refractivity (Wildman–Crippen MR) is 131 cm³/mol. The molecule has 2 heterocycles. The van der Waals surface area contributed by atoms with Crippen LogP contribution in [0.1, 0.15) is 38.9 Å². The number of hydrogen-bond acceptors (Lipinski definition) is 5. The van der Waals surface area contributed by atoms with Gasteiger partial charge in [0, 0.05) is 38.4 Å². The Labute approximate surface area is 191 Å². The van der Waals surface area contributed by atoms with Crippen LogP contribution in [0.4, 0.5) is 0 Å². The topological polar surface area (TPSA) is 70.4 Å². The molecule has 0 aromatic carbocycles. The Bertz CT molecular complexity index is 544. The number of rotatable bonds is 11. The van der Waals surface area contributed by atoms with E-state index in [9.17, 15) is 0 Å². The largest absolute Gasteiger partial charge is 0.356 e. The lowest BCUT2D eigenvalue weighted by molar-refractivity contribution is 0.192. The molecule has 0 amide bonds. The Balaban J connectivity index is 0.00000392. The Morgan fingerprint density at radius 3 is 2.71 bits per heavy atom. The van der Waals surface area contributed by atoms with Crippen LogP contribution in [0, 0.1) is 5.92 Å². The summed E-state index contributed by atoms with van der Waals surface area (Å²) in [5, 5.41) is 15.0. The van der Waals surface area contributed by atoms with Crippen molar-refractivity contribution < 1.29 is 0 Å². The summed E-state index contributed by atoms with van der Waals surface area (Å²) in [6.45, 7) is 11.6. The van der Waals surface area contributed by atoms with Crippen LogP contribution in [-0.2, 0) is 13.0 Å². The lowest BCUT2D eigenvalue weighted by Crippen LogP contribution is -2.40. The summed E-state index contributed by atoms with van der Waals surface area (Å²) in [6, 6.07) is 0. The van der Waals surface area contributed by atoms with Gasteiger partial charge in [0.15, 0.2) is 5.96 Å². The number of likely N-dealkylation sites (tertiary alicyclic amines) is 1. The zero-order valence-electron chi connectivity index (χ0n) is 17.7. The Kier molecular flexibility index (Phi) is 13.9. The van der Waals surface area contributed by atoms with Gasteiger partial charge in [-0.25, -0.2) is 0 Å². The van der Waals surface area contributed by atoms with Crippen LogP contribution < -0.4 is 10.6 Å². The minimum absolute atomic E-state index is 0. The second-order valence-corrected chi connectivity index (χ2v) is 8.23. The fourth-order valence-electron chi connectivity index (χ4n) is 3.25. The van der Waals surface area contributed by atoms with E-state index in [4.69, 9.17) is 4.99 Å². The standard InChI is InChI=1S/C19H37N7S.HI/c1-4-18-24-23-16-26(18)14-9-21-19(22-10-15-27-3)20-8-5-11-25-12-6-17(2)7-13-25;/h16-17H,4-15H2,1-3H3,(H2,20,21,22);1H. The lowest BCUT2D eigenvalue weighted by Gasteiger charge is -2.29. The van der Waals surface area contributed by atoms with Crippen LogP contribution in [0.25, 0.3) is 0 Å². The number of halogens is 1. The summed E-state index contributed by atoms with van der Waals surface area (Å²) >= 11 is 1.85. The van der Waals surface area contributed by atoms with E-state index in [2.05, 4.69) is 50.4 Å². The Morgan fingerprint density at radius 1 is 1.25 bits per heavy atom. The molecule has 1 aromatic rings. The second kappa shape index (κ2) is 15.3. The molecule has 0 unspecified atom stereocenters. The molecule has 0 spiro atoms. The highest BCUT2D eigenvalue weighted by atomic mass is 127. The molecule has 1 aliphatic rings. The SMILES string of the molecule is CCc1nncn1CCNC(=NCCCN1CCC(C)CC1)NCCSC.I. The minimum Gasteiger partial charge on any atom is -0.356 e. The first-order valence-electron chi connectivity index (χ1n) is 10.3. The Morgan fingerprint density at radius 2 is 2.00 bits per heavy atom. The molecule has 0 radical (unpaired) electrons. The van der Waals surface area contributed by atoms with Gasteiger partial charge in [0.05, 0.1) is 0 Å². The van der Waals surface area contributed by atoms with Crippen molar-refractivity contribution in [2.24, 2.45) is 10.9 Å². The highest BCUT2D eigenvalue weighted by Gasteiger charge is 2.14. The molecule has 1 aromatic heterocycles. The molecule has 7 nitrogen and oxygen atoms in total. The first kappa shape index (κ1) is 25.5. The van der Waals surface area contributed by atoms with Gasteiger partial charge in [0.2, 0.25) is 0 Å². The monoisotopic (exact) mass is 523 g/mol. The van der Waals surface area contributed by atoms with Crippen molar-refractivity contribution in [3.63, 3.8) is 0 Å². The third-order valence-electron chi connectivity index (χ3n) is 5.03. The van der Waals surface area contributed by atoms with Gasteiger partial charge < -0.3 is 20.1 Å². The van der Waals surface area contributed by atoms with Crippen molar-refractivity contribution in [1.29, 1.82) is 0 Å². The molecular formula is C19H38IN7S. The first-order valence-corrected chi connectivity index (χ1v) is 11.7. The van der Waals surface area contributed by atoms with Gasteiger partial charge in [-0.1, -0.05) is 13.8 Å². The van der Waals surface area contributed by atoms with Gasteiger partial charge in [-0.15, -0.1) is 34.2 Å². The molecule has 28 heavy (non-hydrogen) atoms. The molecule has 1 aliphatic heterocycles. The summed E-state index contributed by atoms with van der Waals surface area (Å²) in [5.74, 6) is 3.93. The number of hydrogen-bond donors (Lipinski definition) is 2. The highest BCUT2D eigenvalue weighted by molar-refractivity contribution is 14.0. The second-order valence-electron chi connectivity index (χ2n) is 7.25. The van der Waals surface area contributed by atoms with Crippen LogP contribution >= 0.6 is 35.7 Å². The molecular weight excluding hydrogens is 485 g/mol. The predicted octanol–water partition coefficient (Wildman–Crippen LogP) is 2.48. The van der Waals surface area contributed by atoms with E-state index in [-0.39, 0.29) is 24.0 Å². The van der Waals surface area contributed by atoms with E-state index in [1.807, 2.05) is 11.8 Å². The molecule has 9 heteroatoms. The van der Waals surface area contributed by atoms with E-state index < -0.39 is 0 Å². The summed E-state index contributed by atoms with van der Waals surface area (Å²) in [5.41, 5.74) is 0. The van der Waals surface area contributed by atoms with E-state index in [1.165, 1.54) is 25.9 Å². The van der Waals surface area contributed by atoms with Crippen LogP contribution in [0.5, 0.6) is 0 Å². The molecule has 0 aliphatic carbocycles. The molecule has 2 N–H and O–H groups in total. The number of nitrogens with one attached hydrogen (secondary N) is 2. The summed E-state index contributed by atoms with van der Waals surface area (Å²) in [4.78, 5) is 7.36. The number of aliphatic imine (C=N–C) groups is 1. The maximum Gasteiger partial charge on any atom is 0.191 e. The van der Waals surface area contributed by atoms with Crippen LogP contribution in [0.3, 0.4) is 0 Å². The van der Waals surface area contributed by atoms with E-state index in [1.54, 1.807) is 6.33 Å². The molecule has 0 bridgehead atoms. The zero-order valence-corrected chi connectivity index (χ0v) is 20.8. The van der Waals surface area contributed by atoms with Crippen molar-refractivity contribution >= 4 is 41.7 Å². The smallest absolute Gasteiger partial charge is 0.191 e. The number of thioether (sulfide) groups is 1. The average molecular weight is 524 g/mol. The first-order chi connectivity index (χ1) is 13.2. The highest BCUT2D eigenvalue weighted by Crippen LogP contribution is 2.15. The van der Waals surface area contributed by atoms with E-state index >= 15 is 0 Å². The summed E-state index contributed by atoms with van der Waals surface area (Å²) in [7, 11) is 0. The Hall–Kier alpha value is -0.550. The van der Waals surface area contributed by atoms with Crippen molar-refractivity contribution in [3.8, 4) is 0 Å². The van der Waals surface area contributed by atoms with Gasteiger partial charge in [0.25, 0.3) is 0 Å². The summed E-state index contributed by atoms with van der Waals surface area (Å²) in [6.07, 6.45) is 8.64. The quantitative estimate of drug-likeness (QED) is 0.201. The number of aromatic nitrogens is 3. The number of aryl methyl sites for hydroxylation is 1. The fraction of sp³-hybridized carbons (Fsp3) is 0.842. The third kappa shape index (κ3) is 9.78. The van der Waals surface area contributed by atoms with Crippen molar-refractivity contribution in [2.45, 2.75) is 46.1 Å². The number of piperidine rings is 1. The minimum atomic E-state index is 0. The lowest BCUT2D eigenvalue weighted by atomic mass is 9.99.